The van der Waals surface area contributed by atoms with Gasteiger partial charge in [-0.1, -0.05) is 13.3 Å². The second-order valence-electron chi connectivity index (χ2n) is 5.50. The second kappa shape index (κ2) is 7.67. The topological polar surface area (TPSA) is 45.4 Å². The fourth-order valence-corrected chi connectivity index (χ4v) is 2.87. The van der Waals surface area contributed by atoms with E-state index >= 15 is 0 Å². The predicted molar refractivity (Wildman–Crippen MR) is 78.8 cm³/mol. The van der Waals surface area contributed by atoms with E-state index in [1.165, 1.54) is 19.0 Å². The van der Waals surface area contributed by atoms with Crippen LogP contribution in [0.3, 0.4) is 0 Å². The molecule has 0 amide bonds. The minimum atomic E-state index is -0.257. The number of aromatic nitrogens is 1. The highest BCUT2D eigenvalue weighted by molar-refractivity contribution is 5.10. The van der Waals surface area contributed by atoms with Gasteiger partial charge in [0.1, 0.15) is 5.82 Å². The first kappa shape index (κ1) is 15.4. The summed E-state index contributed by atoms with van der Waals surface area (Å²) in [6.45, 7) is 7.83. The molecule has 0 saturated carbocycles. The quantitative estimate of drug-likeness (QED) is 0.857. The van der Waals surface area contributed by atoms with Crippen LogP contribution in [0.15, 0.2) is 18.5 Å². The molecule has 2 N–H and O–H groups in total. The molecule has 0 aliphatic carbocycles. The maximum absolute atomic E-state index is 13.1. The van der Waals surface area contributed by atoms with Crippen molar-refractivity contribution in [3.8, 4) is 0 Å². The molecule has 1 fully saturated rings. The SMILES string of the molecule is CCCC(CN)N1CCN(Cc2cncc(F)c2)CC1. The molecule has 0 bridgehead atoms. The Kier molecular flexibility index (Phi) is 5.88. The van der Waals surface area contributed by atoms with Crippen molar-refractivity contribution in [1.82, 2.24) is 14.8 Å². The average Bonchev–Trinajstić information content (AvgIpc) is 2.46. The molecule has 0 spiro atoms. The Hall–Kier alpha value is -1.04. The fourth-order valence-electron chi connectivity index (χ4n) is 2.87. The van der Waals surface area contributed by atoms with Crippen molar-refractivity contribution >= 4 is 0 Å². The standard InChI is InChI=1S/C15H25FN4/c1-2-3-15(9-17)20-6-4-19(5-7-20)12-13-8-14(16)11-18-10-13/h8,10-11,15H,2-7,9,12,17H2,1H3. The highest BCUT2D eigenvalue weighted by Gasteiger charge is 2.22. The fraction of sp³-hybridized carbons (Fsp3) is 0.667. The molecule has 1 aliphatic heterocycles. The molecule has 2 heterocycles. The minimum absolute atomic E-state index is 0.257. The Labute approximate surface area is 120 Å². The minimum Gasteiger partial charge on any atom is -0.329 e. The normalized spacial score (nSPS) is 19.1. The lowest BCUT2D eigenvalue weighted by molar-refractivity contribution is 0.0904. The van der Waals surface area contributed by atoms with E-state index in [9.17, 15) is 4.39 Å². The summed E-state index contributed by atoms with van der Waals surface area (Å²) in [6.07, 6.45) is 5.34. The summed E-state index contributed by atoms with van der Waals surface area (Å²) in [5, 5.41) is 0. The summed E-state index contributed by atoms with van der Waals surface area (Å²) in [7, 11) is 0. The molecule has 1 aromatic rings. The molecule has 1 aromatic heterocycles. The monoisotopic (exact) mass is 280 g/mol. The van der Waals surface area contributed by atoms with Crippen molar-refractivity contribution in [3.05, 3.63) is 29.8 Å². The summed E-state index contributed by atoms with van der Waals surface area (Å²) >= 11 is 0. The van der Waals surface area contributed by atoms with E-state index in [1.807, 2.05) is 0 Å². The van der Waals surface area contributed by atoms with Gasteiger partial charge >= 0.3 is 0 Å². The van der Waals surface area contributed by atoms with Crippen molar-refractivity contribution in [2.24, 2.45) is 5.73 Å². The predicted octanol–water partition coefficient (Wildman–Crippen LogP) is 1.47. The Morgan fingerprint density at radius 1 is 1.30 bits per heavy atom. The van der Waals surface area contributed by atoms with Crippen LogP contribution >= 0.6 is 0 Å². The highest BCUT2D eigenvalue weighted by Crippen LogP contribution is 2.13. The Morgan fingerprint density at radius 3 is 2.65 bits per heavy atom. The van der Waals surface area contributed by atoms with Crippen LogP contribution < -0.4 is 5.73 Å². The third-order valence-electron chi connectivity index (χ3n) is 3.98. The molecule has 0 aromatic carbocycles. The number of nitrogens with zero attached hydrogens (tertiary/aromatic N) is 3. The van der Waals surface area contributed by atoms with E-state index in [0.717, 1.165) is 44.8 Å². The van der Waals surface area contributed by atoms with E-state index in [-0.39, 0.29) is 5.82 Å². The lowest BCUT2D eigenvalue weighted by Crippen LogP contribution is -2.52. The molecule has 1 aliphatic rings. The largest absolute Gasteiger partial charge is 0.329 e. The smallest absolute Gasteiger partial charge is 0.141 e. The molecule has 20 heavy (non-hydrogen) atoms. The molecule has 5 heteroatoms. The van der Waals surface area contributed by atoms with Crippen LogP contribution in [-0.2, 0) is 6.54 Å². The molecule has 1 atom stereocenters. The molecule has 1 saturated heterocycles. The van der Waals surface area contributed by atoms with Crippen molar-refractivity contribution in [1.29, 1.82) is 0 Å². The van der Waals surface area contributed by atoms with E-state index < -0.39 is 0 Å². The average molecular weight is 280 g/mol. The van der Waals surface area contributed by atoms with Gasteiger partial charge in [0.25, 0.3) is 0 Å². The van der Waals surface area contributed by atoms with Crippen LogP contribution in [0.1, 0.15) is 25.3 Å². The van der Waals surface area contributed by atoms with Crippen LogP contribution in [0.2, 0.25) is 0 Å². The lowest BCUT2D eigenvalue weighted by atomic mass is 10.1. The number of pyridine rings is 1. The number of rotatable bonds is 6. The molecule has 2 rings (SSSR count). The number of halogens is 1. The maximum Gasteiger partial charge on any atom is 0.141 e. The summed E-state index contributed by atoms with van der Waals surface area (Å²) in [5.41, 5.74) is 6.81. The Balaban J connectivity index is 1.82. The molecule has 112 valence electrons. The van der Waals surface area contributed by atoms with Crippen molar-refractivity contribution in [2.45, 2.75) is 32.4 Å². The first-order valence-corrected chi connectivity index (χ1v) is 7.48. The number of hydrogen-bond donors (Lipinski definition) is 1. The zero-order valence-electron chi connectivity index (χ0n) is 12.3. The molecule has 0 radical (unpaired) electrons. The van der Waals surface area contributed by atoms with E-state index in [4.69, 9.17) is 5.73 Å². The van der Waals surface area contributed by atoms with E-state index in [1.54, 1.807) is 12.3 Å². The van der Waals surface area contributed by atoms with Crippen LogP contribution in [0.5, 0.6) is 0 Å². The van der Waals surface area contributed by atoms with Gasteiger partial charge in [0.15, 0.2) is 0 Å². The Morgan fingerprint density at radius 2 is 2.05 bits per heavy atom. The maximum atomic E-state index is 13.1. The third kappa shape index (κ3) is 4.23. The molecular formula is C15H25FN4. The van der Waals surface area contributed by atoms with Crippen LogP contribution in [0.25, 0.3) is 0 Å². The van der Waals surface area contributed by atoms with Crippen molar-refractivity contribution < 1.29 is 4.39 Å². The van der Waals surface area contributed by atoms with Gasteiger partial charge in [-0.15, -0.1) is 0 Å². The molecule has 1 unspecified atom stereocenters. The van der Waals surface area contributed by atoms with Crippen molar-refractivity contribution in [2.75, 3.05) is 32.7 Å². The van der Waals surface area contributed by atoms with Crippen LogP contribution in [0.4, 0.5) is 4.39 Å². The van der Waals surface area contributed by atoms with Gasteiger partial charge in [0, 0.05) is 51.5 Å². The van der Waals surface area contributed by atoms with Gasteiger partial charge in [0.2, 0.25) is 0 Å². The van der Waals surface area contributed by atoms with Gasteiger partial charge in [-0.3, -0.25) is 14.8 Å². The van der Waals surface area contributed by atoms with Crippen LogP contribution in [-0.4, -0.2) is 53.5 Å². The third-order valence-corrected chi connectivity index (χ3v) is 3.98. The summed E-state index contributed by atoms with van der Waals surface area (Å²) < 4.78 is 13.1. The summed E-state index contributed by atoms with van der Waals surface area (Å²) in [6, 6.07) is 2.08. The number of hydrogen-bond acceptors (Lipinski definition) is 4. The van der Waals surface area contributed by atoms with Crippen LogP contribution in [0, 0.1) is 5.82 Å². The summed E-state index contributed by atoms with van der Waals surface area (Å²) in [5.74, 6) is -0.257. The highest BCUT2D eigenvalue weighted by atomic mass is 19.1. The van der Waals surface area contributed by atoms with E-state index in [2.05, 4.69) is 21.7 Å². The second-order valence-corrected chi connectivity index (χ2v) is 5.50. The van der Waals surface area contributed by atoms with Gasteiger partial charge in [-0.25, -0.2) is 4.39 Å². The van der Waals surface area contributed by atoms with Gasteiger partial charge in [-0.05, 0) is 18.1 Å². The zero-order valence-corrected chi connectivity index (χ0v) is 12.3. The van der Waals surface area contributed by atoms with Gasteiger partial charge < -0.3 is 5.73 Å². The summed E-state index contributed by atoms with van der Waals surface area (Å²) in [4.78, 5) is 8.75. The lowest BCUT2D eigenvalue weighted by Gasteiger charge is -2.39. The first-order chi connectivity index (χ1) is 9.72. The molecular weight excluding hydrogens is 255 g/mol. The first-order valence-electron chi connectivity index (χ1n) is 7.48. The van der Waals surface area contributed by atoms with E-state index in [0.29, 0.717) is 6.04 Å². The Bertz CT molecular complexity index is 405. The number of nitrogens with two attached hydrogens (primary N) is 1. The van der Waals surface area contributed by atoms with Crippen molar-refractivity contribution in [3.63, 3.8) is 0 Å². The molecule has 4 nitrogen and oxygen atoms in total. The van der Waals surface area contributed by atoms with Gasteiger partial charge in [0.05, 0.1) is 6.20 Å². The van der Waals surface area contributed by atoms with Gasteiger partial charge in [-0.2, -0.15) is 0 Å². The number of piperazine rings is 1. The zero-order chi connectivity index (χ0) is 14.4.